The fourth-order valence-electron chi connectivity index (χ4n) is 2.58. The third-order valence-corrected chi connectivity index (χ3v) is 7.02. The minimum Gasteiger partial charge on any atom is -0.472 e. The summed E-state index contributed by atoms with van der Waals surface area (Å²) in [5.41, 5.74) is 2.90. The van der Waals surface area contributed by atoms with Gasteiger partial charge < -0.3 is 4.42 Å². The van der Waals surface area contributed by atoms with Crippen LogP contribution >= 0.6 is 11.3 Å². The van der Waals surface area contributed by atoms with Crippen LogP contribution in [-0.2, 0) is 23.0 Å². The Kier molecular flexibility index (Phi) is 5.42. The highest BCUT2D eigenvalue weighted by atomic mass is 32.2. The lowest BCUT2D eigenvalue weighted by atomic mass is 10.1. The summed E-state index contributed by atoms with van der Waals surface area (Å²) >= 11 is 1.64. The van der Waals surface area contributed by atoms with E-state index in [2.05, 4.69) is 0 Å². The molecule has 0 fully saturated rings. The number of sulfonamides is 1. The third kappa shape index (κ3) is 4.21. The normalized spacial score (nSPS) is 12.0. The van der Waals surface area contributed by atoms with Gasteiger partial charge in [0, 0.05) is 23.5 Å². The van der Waals surface area contributed by atoms with Gasteiger partial charge in [0.05, 0.1) is 17.4 Å². The van der Waals surface area contributed by atoms with Crippen LogP contribution in [0, 0.1) is 13.8 Å². The number of hydrogen-bond acceptors (Lipinski definition) is 4. The molecule has 0 saturated heterocycles. The topological polar surface area (TPSA) is 50.5 Å². The molecule has 1 aromatic carbocycles. The van der Waals surface area contributed by atoms with E-state index in [9.17, 15) is 8.42 Å². The van der Waals surface area contributed by atoms with Crippen LogP contribution in [0.25, 0.3) is 0 Å². The highest BCUT2D eigenvalue weighted by molar-refractivity contribution is 7.89. The lowest BCUT2D eigenvalue weighted by molar-refractivity contribution is 0.408. The van der Waals surface area contributed by atoms with Gasteiger partial charge >= 0.3 is 0 Å². The fourth-order valence-corrected chi connectivity index (χ4v) is 4.80. The van der Waals surface area contributed by atoms with Crippen molar-refractivity contribution in [1.82, 2.24) is 4.31 Å². The molecular weight excluding hydrogens is 354 g/mol. The maximum absolute atomic E-state index is 13.2. The highest BCUT2D eigenvalue weighted by Crippen LogP contribution is 2.22. The molecule has 6 heteroatoms. The molecule has 132 valence electrons. The molecule has 0 saturated carbocycles. The van der Waals surface area contributed by atoms with E-state index < -0.39 is 10.0 Å². The number of thiophene rings is 1. The summed E-state index contributed by atoms with van der Waals surface area (Å²) in [4.78, 5) is 1.51. The smallest absolute Gasteiger partial charge is 0.243 e. The molecule has 2 aromatic heterocycles. The van der Waals surface area contributed by atoms with E-state index in [1.165, 1.54) is 9.18 Å². The van der Waals surface area contributed by atoms with E-state index in [4.69, 9.17) is 4.42 Å². The van der Waals surface area contributed by atoms with E-state index in [0.717, 1.165) is 16.7 Å². The fraction of sp³-hybridized carbons (Fsp3) is 0.263. The number of furan rings is 1. The van der Waals surface area contributed by atoms with Crippen molar-refractivity contribution in [3.63, 3.8) is 0 Å². The van der Waals surface area contributed by atoms with Gasteiger partial charge in [0.1, 0.15) is 0 Å². The van der Waals surface area contributed by atoms with E-state index in [0.29, 0.717) is 24.4 Å². The van der Waals surface area contributed by atoms with E-state index >= 15 is 0 Å². The first-order valence-electron chi connectivity index (χ1n) is 8.07. The summed E-state index contributed by atoms with van der Waals surface area (Å²) in [6, 6.07) is 11.1. The van der Waals surface area contributed by atoms with Crippen molar-refractivity contribution in [2.45, 2.75) is 31.7 Å². The Bertz CT molecular complexity index is 914. The minimum atomic E-state index is -3.57. The standard InChI is InChI=1S/C19H21NO3S2/c1-15-5-6-19(12-16(15)2)25(21,22)20(13-17-8-10-23-14-17)9-7-18-4-3-11-24-18/h3-6,8,10-12,14H,7,9,13H2,1-2H3. The zero-order valence-corrected chi connectivity index (χ0v) is 15.9. The molecule has 4 nitrogen and oxygen atoms in total. The van der Waals surface area contributed by atoms with Crippen LogP contribution in [0.4, 0.5) is 0 Å². The quantitative estimate of drug-likeness (QED) is 0.615. The molecule has 2 heterocycles. The number of aryl methyl sites for hydroxylation is 2. The Morgan fingerprint density at radius 1 is 1.12 bits per heavy atom. The predicted octanol–water partition coefficient (Wildman–Crippen LogP) is 4.39. The molecule has 0 radical (unpaired) electrons. The summed E-state index contributed by atoms with van der Waals surface area (Å²) in [5, 5.41) is 2.01. The van der Waals surface area contributed by atoms with Crippen molar-refractivity contribution in [2.24, 2.45) is 0 Å². The second kappa shape index (κ2) is 7.56. The first kappa shape index (κ1) is 17.9. The van der Waals surface area contributed by atoms with E-state index in [1.54, 1.807) is 42.1 Å². The lowest BCUT2D eigenvalue weighted by Gasteiger charge is -2.22. The van der Waals surface area contributed by atoms with Crippen LogP contribution in [0.2, 0.25) is 0 Å². The molecule has 3 aromatic rings. The third-order valence-electron chi connectivity index (χ3n) is 4.24. The second-order valence-electron chi connectivity index (χ2n) is 6.05. The van der Waals surface area contributed by atoms with Gasteiger partial charge in [-0.3, -0.25) is 0 Å². The van der Waals surface area contributed by atoms with Crippen LogP contribution in [0.15, 0.2) is 63.6 Å². The van der Waals surface area contributed by atoms with Crippen LogP contribution < -0.4 is 0 Å². The van der Waals surface area contributed by atoms with Gasteiger partial charge in [-0.05, 0) is 61.0 Å². The summed E-state index contributed by atoms with van der Waals surface area (Å²) < 4.78 is 33.0. The molecule has 0 spiro atoms. The lowest BCUT2D eigenvalue weighted by Crippen LogP contribution is -2.32. The first-order chi connectivity index (χ1) is 12.0. The monoisotopic (exact) mass is 375 g/mol. The van der Waals surface area contributed by atoms with Gasteiger partial charge in [-0.15, -0.1) is 11.3 Å². The van der Waals surface area contributed by atoms with Gasteiger partial charge in [-0.2, -0.15) is 4.31 Å². The zero-order chi connectivity index (χ0) is 17.9. The molecule has 0 amide bonds. The van der Waals surface area contributed by atoms with Crippen LogP contribution in [-0.4, -0.2) is 19.3 Å². The van der Waals surface area contributed by atoms with Crippen molar-refractivity contribution >= 4 is 21.4 Å². The molecule has 0 aliphatic carbocycles. The SMILES string of the molecule is Cc1ccc(S(=O)(=O)N(CCc2cccs2)Cc2ccoc2)cc1C. The minimum absolute atomic E-state index is 0.303. The van der Waals surface area contributed by atoms with Gasteiger partial charge in [0.25, 0.3) is 0 Å². The number of nitrogens with zero attached hydrogens (tertiary/aromatic N) is 1. The number of benzene rings is 1. The Hall–Kier alpha value is -1.89. The molecular formula is C19H21NO3S2. The highest BCUT2D eigenvalue weighted by Gasteiger charge is 2.25. The number of hydrogen-bond donors (Lipinski definition) is 0. The van der Waals surface area contributed by atoms with Crippen molar-refractivity contribution in [3.8, 4) is 0 Å². The van der Waals surface area contributed by atoms with Crippen molar-refractivity contribution < 1.29 is 12.8 Å². The van der Waals surface area contributed by atoms with Crippen molar-refractivity contribution in [1.29, 1.82) is 0 Å². The first-order valence-corrected chi connectivity index (χ1v) is 10.4. The summed E-state index contributed by atoms with van der Waals surface area (Å²) in [6.45, 7) is 4.64. The van der Waals surface area contributed by atoms with Crippen LogP contribution in [0.1, 0.15) is 21.6 Å². The molecule has 0 bridgehead atoms. The van der Waals surface area contributed by atoms with Crippen LogP contribution in [0.3, 0.4) is 0 Å². The Morgan fingerprint density at radius 2 is 1.96 bits per heavy atom. The maximum Gasteiger partial charge on any atom is 0.243 e. The summed E-state index contributed by atoms with van der Waals surface area (Å²) in [6.07, 6.45) is 3.85. The Balaban J connectivity index is 1.89. The number of rotatable bonds is 7. The maximum atomic E-state index is 13.2. The van der Waals surface area contributed by atoms with Gasteiger partial charge in [0.15, 0.2) is 0 Å². The van der Waals surface area contributed by atoms with Crippen molar-refractivity contribution in [2.75, 3.05) is 6.54 Å². The summed E-state index contributed by atoms with van der Waals surface area (Å²) in [7, 11) is -3.57. The Labute approximate surface area is 152 Å². The molecule has 0 aliphatic rings. The molecule has 3 rings (SSSR count). The predicted molar refractivity (Wildman–Crippen MR) is 100 cm³/mol. The van der Waals surface area contributed by atoms with E-state index in [1.807, 2.05) is 37.4 Å². The molecule has 25 heavy (non-hydrogen) atoms. The summed E-state index contributed by atoms with van der Waals surface area (Å²) in [5.74, 6) is 0. The molecule has 0 atom stereocenters. The van der Waals surface area contributed by atoms with Gasteiger partial charge in [0.2, 0.25) is 10.0 Å². The van der Waals surface area contributed by atoms with Crippen molar-refractivity contribution in [3.05, 3.63) is 75.9 Å². The Morgan fingerprint density at radius 3 is 2.60 bits per heavy atom. The van der Waals surface area contributed by atoms with Crippen LogP contribution in [0.5, 0.6) is 0 Å². The molecule has 0 aliphatic heterocycles. The average molecular weight is 376 g/mol. The van der Waals surface area contributed by atoms with Gasteiger partial charge in [-0.1, -0.05) is 12.1 Å². The molecule has 0 N–H and O–H groups in total. The largest absolute Gasteiger partial charge is 0.472 e. The zero-order valence-electron chi connectivity index (χ0n) is 14.3. The second-order valence-corrected chi connectivity index (χ2v) is 9.02. The van der Waals surface area contributed by atoms with Gasteiger partial charge in [-0.25, -0.2) is 8.42 Å². The molecule has 0 unspecified atom stereocenters. The van der Waals surface area contributed by atoms with E-state index in [-0.39, 0.29) is 0 Å². The average Bonchev–Trinajstić information content (AvgIpc) is 3.27.